The molecule has 4 heteroatoms. The van der Waals surface area contributed by atoms with E-state index in [1.165, 1.54) is 0 Å². The quantitative estimate of drug-likeness (QED) is 0.882. The normalized spacial score (nSPS) is 10.8. The molecule has 0 spiro atoms. The second-order valence-electron chi connectivity index (χ2n) is 4.19. The van der Waals surface area contributed by atoms with Gasteiger partial charge in [0.15, 0.2) is 11.5 Å². The number of ether oxygens (including phenoxy) is 2. The van der Waals surface area contributed by atoms with E-state index < -0.39 is 0 Å². The molecule has 17 heavy (non-hydrogen) atoms. The summed E-state index contributed by atoms with van der Waals surface area (Å²) >= 11 is 6.38. The average Bonchev–Trinajstić information content (AvgIpc) is 2.28. The summed E-state index contributed by atoms with van der Waals surface area (Å²) in [5.41, 5.74) is 7.85. The minimum absolute atomic E-state index is 0.323. The Bertz CT molecular complexity index is 391. The van der Waals surface area contributed by atoms with Crippen LogP contribution in [0.15, 0.2) is 6.07 Å². The van der Waals surface area contributed by atoms with Gasteiger partial charge in [-0.05, 0) is 36.1 Å². The van der Waals surface area contributed by atoms with Gasteiger partial charge in [0.05, 0.1) is 19.2 Å². The molecule has 0 saturated heterocycles. The van der Waals surface area contributed by atoms with Crippen LogP contribution >= 0.6 is 11.6 Å². The van der Waals surface area contributed by atoms with Gasteiger partial charge in [-0.1, -0.05) is 25.4 Å². The number of hydrogen-bond acceptors (Lipinski definition) is 3. The Hall–Kier alpha value is -0.930. The predicted octanol–water partition coefficient (Wildman–Crippen LogP) is 2.98. The Morgan fingerprint density at radius 1 is 1.29 bits per heavy atom. The highest BCUT2D eigenvalue weighted by Gasteiger charge is 2.19. The lowest BCUT2D eigenvalue weighted by Crippen LogP contribution is -2.08. The summed E-state index contributed by atoms with van der Waals surface area (Å²) in [6, 6.07) is 1.97. The van der Waals surface area contributed by atoms with Crippen LogP contribution in [-0.4, -0.2) is 20.8 Å². The van der Waals surface area contributed by atoms with Crippen LogP contribution in [0.25, 0.3) is 0 Å². The van der Waals surface area contributed by atoms with Gasteiger partial charge in [0.25, 0.3) is 0 Å². The van der Waals surface area contributed by atoms with E-state index in [1.54, 1.807) is 14.2 Å². The molecule has 0 fully saturated rings. The first-order chi connectivity index (χ1) is 8.06. The molecule has 1 aromatic rings. The highest BCUT2D eigenvalue weighted by molar-refractivity contribution is 6.33. The Kier molecular flexibility index (Phi) is 5.09. The Morgan fingerprint density at radius 2 is 1.94 bits per heavy atom. The van der Waals surface area contributed by atoms with Crippen LogP contribution in [0.2, 0.25) is 5.02 Å². The first-order valence-electron chi connectivity index (χ1n) is 5.70. The highest BCUT2D eigenvalue weighted by Crippen LogP contribution is 2.42. The molecule has 3 nitrogen and oxygen atoms in total. The van der Waals surface area contributed by atoms with E-state index in [0.717, 1.165) is 17.5 Å². The van der Waals surface area contributed by atoms with Crippen LogP contribution in [0.4, 0.5) is 0 Å². The molecular formula is C13H20ClNO2. The zero-order valence-electron chi connectivity index (χ0n) is 10.8. The van der Waals surface area contributed by atoms with Crippen molar-refractivity contribution in [1.29, 1.82) is 0 Å². The molecule has 2 N–H and O–H groups in total. The van der Waals surface area contributed by atoms with Crippen LogP contribution in [0.3, 0.4) is 0 Å². The maximum atomic E-state index is 6.38. The number of benzene rings is 1. The van der Waals surface area contributed by atoms with E-state index in [4.69, 9.17) is 26.8 Å². The van der Waals surface area contributed by atoms with E-state index in [9.17, 15) is 0 Å². The van der Waals surface area contributed by atoms with Crippen LogP contribution < -0.4 is 15.2 Å². The van der Waals surface area contributed by atoms with E-state index >= 15 is 0 Å². The zero-order valence-corrected chi connectivity index (χ0v) is 11.6. The molecule has 1 aromatic carbocycles. The number of methoxy groups -OCH3 is 2. The van der Waals surface area contributed by atoms with Gasteiger partial charge in [0.2, 0.25) is 0 Å². The van der Waals surface area contributed by atoms with Gasteiger partial charge in [0, 0.05) is 0 Å². The molecule has 0 atom stereocenters. The second kappa shape index (κ2) is 6.12. The lowest BCUT2D eigenvalue weighted by atomic mass is 9.94. The van der Waals surface area contributed by atoms with Gasteiger partial charge in [0.1, 0.15) is 0 Å². The SMILES string of the molecule is COc1cc(CCN)c(C(C)C)c(Cl)c1OC. The summed E-state index contributed by atoms with van der Waals surface area (Å²) < 4.78 is 10.6. The molecule has 0 heterocycles. The van der Waals surface area contributed by atoms with E-state index in [-0.39, 0.29) is 0 Å². The third-order valence-corrected chi connectivity index (χ3v) is 3.10. The summed E-state index contributed by atoms with van der Waals surface area (Å²) in [6.45, 7) is 4.80. The minimum Gasteiger partial charge on any atom is -0.493 e. The van der Waals surface area contributed by atoms with Crippen molar-refractivity contribution in [3.63, 3.8) is 0 Å². The first kappa shape index (κ1) is 14.1. The monoisotopic (exact) mass is 257 g/mol. The molecule has 0 bridgehead atoms. The summed E-state index contributed by atoms with van der Waals surface area (Å²) in [5, 5.41) is 0.630. The molecule has 0 amide bonds. The summed E-state index contributed by atoms with van der Waals surface area (Å²) in [4.78, 5) is 0. The summed E-state index contributed by atoms with van der Waals surface area (Å²) in [7, 11) is 3.20. The first-order valence-corrected chi connectivity index (χ1v) is 6.07. The lowest BCUT2D eigenvalue weighted by molar-refractivity contribution is 0.354. The Labute approximate surface area is 108 Å². The maximum Gasteiger partial charge on any atom is 0.179 e. The third kappa shape index (κ3) is 2.85. The van der Waals surface area contributed by atoms with Gasteiger partial charge in [-0.25, -0.2) is 0 Å². The zero-order chi connectivity index (χ0) is 13.0. The second-order valence-corrected chi connectivity index (χ2v) is 4.57. The summed E-state index contributed by atoms with van der Waals surface area (Å²) in [5.74, 6) is 1.58. The van der Waals surface area contributed by atoms with E-state index in [2.05, 4.69) is 13.8 Å². The molecular weight excluding hydrogens is 238 g/mol. The third-order valence-electron chi connectivity index (χ3n) is 2.73. The fourth-order valence-corrected chi connectivity index (χ4v) is 2.51. The van der Waals surface area contributed by atoms with Crippen molar-refractivity contribution < 1.29 is 9.47 Å². The van der Waals surface area contributed by atoms with Crippen molar-refractivity contribution in [3.05, 3.63) is 22.2 Å². The molecule has 96 valence electrons. The predicted molar refractivity (Wildman–Crippen MR) is 71.4 cm³/mol. The highest BCUT2D eigenvalue weighted by atomic mass is 35.5. The fraction of sp³-hybridized carbons (Fsp3) is 0.538. The van der Waals surface area contributed by atoms with Crippen molar-refractivity contribution in [3.8, 4) is 11.5 Å². The molecule has 0 aliphatic rings. The van der Waals surface area contributed by atoms with Gasteiger partial charge in [-0.2, -0.15) is 0 Å². The number of rotatable bonds is 5. The van der Waals surface area contributed by atoms with Crippen LogP contribution in [-0.2, 0) is 6.42 Å². The molecule has 0 aliphatic carbocycles. The van der Waals surface area contributed by atoms with Gasteiger partial charge in [-0.3, -0.25) is 0 Å². The van der Waals surface area contributed by atoms with Crippen LogP contribution in [0, 0.1) is 0 Å². The topological polar surface area (TPSA) is 44.5 Å². The number of hydrogen-bond donors (Lipinski definition) is 1. The van der Waals surface area contributed by atoms with Crippen molar-refractivity contribution >= 4 is 11.6 Å². The van der Waals surface area contributed by atoms with Crippen molar-refractivity contribution in [2.24, 2.45) is 5.73 Å². The Balaban J connectivity index is 3.44. The van der Waals surface area contributed by atoms with Crippen molar-refractivity contribution in [2.75, 3.05) is 20.8 Å². The Morgan fingerprint density at radius 3 is 2.35 bits per heavy atom. The standard InChI is InChI=1S/C13H20ClNO2/c1-8(2)11-9(5-6-15)7-10(16-3)13(17-4)12(11)14/h7-8H,5-6,15H2,1-4H3. The van der Waals surface area contributed by atoms with Gasteiger partial charge >= 0.3 is 0 Å². The number of halogens is 1. The maximum absolute atomic E-state index is 6.38. The fourth-order valence-electron chi connectivity index (χ4n) is 2.00. The smallest absolute Gasteiger partial charge is 0.179 e. The van der Waals surface area contributed by atoms with E-state index in [0.29, 0.717) is 29.0 Å². The average molecular weight is 258 g/mol. The number of nitrogens with two attached hydrogens (primary N) is 1. The largest absolute Gasteiger partial charge is 0.493 e. The molecule has 0 radical (unpaired) electrons. The van der Waals surface area contributed by atoms with Gasteiger partial charge < -0.3 is 15.2 Å². The molecule has 0 unspecified atom stereocenters. The molecule has 0 aromatic heterocycles. The van der Waals surface area contributed by atoms with E-state index in [1.807, 2.05) is 6.07 Å². The van der Waals surface area contributed by atoms with Crippen LogP contribution in [0.5, 0.6) is 11.5 Å². The lowest BCUT2D eigenvalue weighted by Gasteiger charge is -2.19. The molecule has 0 aliphatic heterocycles. The van der Waals surface area contributed by atoms with Crippen molar-refractivity contribution in [1.82, 2.24) is 0 Å². The summed E-state index contributed by atoms with van der Waals surface area (Å²) in [6.07, 6.45) is 0.785. The van der Waals surface area contributed by atoms with Crippen LogP contribution in [0.1, 0.15) is 30.9 Å². The van der Waals surface area contributed by atoms with Gasteiger partial charge in [-0.15, -0.1) is 0 Å². The minimum atomic E-state index is 0.323. The molecule has 1 rings (SSSR count). The van der Waals surface area contributed by atoms with Crippen molar-refractivity contribution in [2.45, 2.75) is 26.2 Å². The molecule has 0 saturated carbocycles.